The van der Waals surface area contributed by atoms with Gasteiger partial charge < -0.3 is 4.74 Å². The molecule has 1 nitrogen and oxygen atoms in total. The van der Waals surface area contributed by atoms with Crippen molar-refractivity contribution in [3.8, 4) is 5.75 Å². The molecule has 0 bridgehead atoms. The Morgan fingerprint density at radius 1 is 0.810 bits per heavy atom. The topological polar surface area (TPSA) is 9.23 Å². The van der Waals surface area contributed by atoms with Gasteiger partial charge in [0.2, 0.25) is 0 Å². The molecule has 2 aliphatic rings. The number of halogens is 1. The Morgan fingerprint density at radius 3 is 2.38 bits per heavy atom. The molecule has 0 aromatic heterocycles. The number of alkyl halides is 1. The first-order valence-corrected chi connectivity index (χ1v) is 8.26. The molecule has 0 fully saturated rings. The minimum absolute atomic E-state index is 0.0665. The lowest BCUT2D eigenvalue weighted by Crippen LogP contribution is -2.04. The van der Waals surface area contributed by atoms with Crippen molar-refractivity contribution < 1.29 is 4.74 Å². The van der Waals surface area contributed by atoms with Crippen molar-refractivity contribution in [2.75, 3.05) is 6.61 Å². The fourth-order valence-electron chi connectivity index (χ4n) is 3.47. The highest BCUT2D eigenvalue weighted by molar-refractivity contribution is 6.22. The molecule has 0 radical (unpaired) electrons. The zero-order valence-electron chi connectivity index (χ0n) is 12.1. The Hall–Kier alpha value is -1.47. The van der Waals surface area contributed by atoms with Crippen molar-refractivity contribution in [3.05, 3.63) is 64.2 Å². The van der Waals surface area contributed by atoms with E-state index < -0.39 is 0 Å². The van der Waals surface area contributed by atoms with Crippen LogP contribution in [0.3, 0.4) is 0 Å². The van der Waals surface area contributed by atoms with Crippen LogP contribution in [0.1, 0.15) is 46.0 Å². The monoisotopic (exact) mass is 298 g/mol. The highest BCUT2D eigenvalue weighted by atomic mass is 35.5. The maximum atomic E-state index is 6.73. The number of ether oxygens (including phenoxy) is 1. The van der Waals surface area contributed by atoms with Gasteiger partial charge in [-0.1, -0.05) is 30.3 Å². The van der Waals surface area contributed by atoms with E-state index in [0.29, 0.717) is 0 Å². The first-order chi connectivity index (χ1) is 10.3. The van der Waals surface area contributed by atoms with E-state index in [1.54, 1.807) is 0 Å². The van der Waals surface area contributed by atoms with Crippen LogP contribution in [0.25, 0.3) is 0 Å². The fourth-order valence-corrected chi connectivity index (χ4v) is 3.74. The summed E-state index contributed by atoms with van der Waals surface area (Å²) >= 11 is 6.73. The molecule has 21 heavy (non-hydrogen) atoms. The van der Waals surface area contributed by atoms with Gasteiger partial charge in [0, 0.05) is 6.42 Å². The van der Waals surface area contributed by atoms with Crippen LogP contribution in [-0.2, 0) is 19.3 Å². The van der Waals surface area contributed by atoms with E-state index in [2.05, 4.69) is 36.4 Å². The molecule has 2 heteroatoms. The van der Waals surface area contributed by atoms with Crippen molar-refractivity contribution >= 4 is 11.6 Å². The van der Waals surface area contributed by atoms with Crippen molar-refractivity contribution in [1.29, 1.82) is 0 Å². The summed E-state index contributed by atoms with van der Waals surface area (Å²) < 4.78 is 5.57. The number of benzene rings is 2. The van der Waals surface area contributed by atoms with Crippen LogP contribution in [-0.4, -0.2) is 6.61 Å². The van der Waals surface area contributed by atoms with Crippen LogP contribution >= 0.6 is 11.6 Å². The second-order valence-corrected chi connectivity index (χ2v) is 6.50. The van der Waals surface area contributed by atoms with Crippen LogP contribution in [0.15, 0.2) is 36.4 Å². The van der Waals surface area contributed by atoms with Gasteiger partial charge >= 0.3 is 0 Å². The molecule has 0 spiro atoms. The summed E-state index contributed by atoms with van der Waals surface area (Å²) in [5.74, 6) is 1.02. The third-order valence-electron chi connectivity index (χ3n) is 4.67. The number of hydrogen-bond acceptors (Lipinski definition) is 1. The normalized spacial score (nSPS) is 17.8. The largest absolute Gasteiger partial charge is 0.493 e. The van der Waals surface area contributed by atoms with Gasteiger partial charge in [0.1, 0.15) is 5.75 Å². The number of rotatable bonds is 2. The summed E-state index contributed by atoms with van der Waals surface area (Å²) in [6, 6.07) is 13.2. The number of fused-ring (bicyclic) bond motifs is 2. The lowest BCUT2D eigenvalue weighted by Gasteiger charge is -2.19. The molecule has 1 atom stereocenters. The van der Waals surface area contributed by atoms with Gasteiger partial charge in [0.25, 0.3) is 0 Å². The molecule has 2 aromatic carbocycles. The fraction of sp³-hybridized carbons (Fsp3) is 0.368. The second-order valence-electron chi connectivity index (χ2n) is 6.06. The zero-order chi connectivity index (χ0) is 14.2. The maximum Gasteiger partial charge on any atom is 0.122 e. The molecule has 2 aromatic rings. The van der Waals surface area contributed by atoms with Crippen LogP contribution in [0.2, 0.25) is 0 Å². The summed E-state index contributed by atoms with van der Waals surface area (Å²) in [7, 11) is 0. The highest BCUT2D eigenvalue weighted by Crippen LogP contribution is 2.35. The molecule has 0 N–H and O–H groups in total. The molecule has 1 heterocycles. The minimum Gasteiger partial charge on any atom is -0.493 e. The Kier molecular flexibility index (Phi) is 3.39. The quantitative estimate of drug-likeness (QED) is 0.722. The standard InChI is InChI=1S/C19H19ClO/c20-19(17-7-8-18-15(12-17)9-10-21-18)16-6-5-13-3-1-2-4-14(13)11-16/h5-8,11-12,19H,1-4,9-10H2. The van der Waals surface area contributed by atoms with E-state index in [1.165, 1.54) is 53.5 Å². The molecule has 1 aliphatic carbocycles. The summed E-state index contributed by atoms with van der Waals surface area (Å²) in [6.07, 6.45) is 6.04. The van der Waals surface area contributed by atoms with Crippen molar-refractivity contribution in [2.24, 2.45) is 0 Å². The predicted molar refractivity (Wildman–Crippen MR) is 86.4 cm³/mol. The molecule has 0 amide bonds. The van der Waals surface area contributed by atoms with Crippen LogP contribution in [0.5, 0.6) is 5.75 Å². The first-order valence-electron chi connectivity index (χ1n) is 7.83. The molecule has 108 valence electrons. The van der Waals surface area contributed by atoms with Gasteiger partial charge in [-0.3, -0.25) is 0 Å². The van der Waals surface area contributed by atoms with Gasteiger partial charge in [0.15, 0.2) is 0 Å². The molecule has 1 unspecified atom stereocenters. The SMILES string of the molecule is ClC(c1ccc2c(c1)CCCC2)c1ccc2c(c1)CCO2. The predicted octanol–water partition coefficient (Wildman–Crippen LogP) is 4.83. The van der Waals surface area contributed by atoms with E-state index >= 15 is 0 Å². The minimum atomic E-state index is -0.0665. The zero-order valence-corrected chi connectivity index (χ0v) is 12.8. The average Bonchev–Trinajstić information content (AvgIpc) is 3.01. The average molecular weight is 299 g/mol. The van der Waals surface area contributed by atoms with Gasteiger partial charge in [-0.05, 0) is 59.6 Å². The maximum absolute atomic E-state index is 6.73. The van der Waals surface area contributed by atoms with E-state index in [9.17, 15) is 0 Å². The van der Waals surface area contributed by atoms with Gasteiger partial charge in [-0.25, -0.2) is 0 Å². The molecule has 4 rings (SSSR count). The first kappa shape index (κ1) is 13.2. The Bertz CT molecular complexity index is 677. The van der Waals surface area contributed by atoms with Crippen LogP contribution in [0.4, 0.5) is 0 Å². The van der Waals surface area contributed by atoms with E-state index in [0.717, 1.165) is 18.8 Å². The molecule has 0 saturated carbocycles. The third-order valence-corrected chi connectivity index (χ3v) is 5.18. The van der Waals surface area contributed by atoms with Crippen molar-refractivity contribution in [1.82, 2.24) is 0 Å². The van der Waals surface area contributed by atoms with Gasteiger partial charge in [-0.2, -0.15) is 0 Å². The third kappa shape index (κ3) is 2.44. The molecule has 0 saturated heterocycles. The lowest BCUT2D eigenvalue weighted by molar-refractivity contribution is 0.357. The molecule has 1 aliphatic heterocycles. The van der Waals surface area contributed by atoms with Crippen molar-refractivity contribution in [2.45, 2.75) is 37.5 Å². The highest BCUT2D eigenvalue weighted by Gasteiger charge is 2.18. The van der Waals surface area contributed by atoms with Gasteiger partial charge in [0.05, 0.1) is 12.0 Å². The Labute approximate surface area is 130 Å². The number of aryl methyl sites for hydroxylation is 2. The smallest absolute Gasteiger partial charge is 0.122 e. The molecular formula is C19H19ClO. The van der Waals surface area contributed by atoms with Gasteiger partial charge in [-0.15, -0.1) is 11.6 Å². The van der Waals surface area contributed by atoms with Crippen LogP contribution < -0.4 is 4.74 Å². The summed E-state index contributed by atoms with van der Waals surface area (Å²) in [6.45, 7) is 0.796. The van der Waals surface area contributed by atoms with Crippen molar-refractivity contribution in [3.63, 3.8) is 0 Å². The van der Waals surface area contributed by atoms with Crippen LogP contribution in [0, 0.1) is 0 Å². The van der Waals surface area contributed by atoms with E-state index in [-0.39, 0.29) is 5.38 Å². The summed E-state index contributed by atoms with van der Waals surface area (Å²) in [5.41, 5.74) is 6.69. The Balaban J connectivity index is 1.66. The number of hydrogen-bond donors (Lipinski definition) is 0. The van der Waals surface area contributed by atoms with E-state index in [1.807, 2.05) is 0 Å². The summed E-state index contributed by atoms with van der Waals surface area (Å²) in [5, 5.41) is -0.0665. The summed E-state index contributed by atoms with van der Waals surface area (Å²) in [4.78, 5) is 0. The molecular weight excluding hydrogens is 280 g/mol. The van der Waals surface area contributed by atoms with E-state index in [4.69, 9.17) is 16.3 Å². The Morgan fingerprint density at radius 2 is 1.52 bits per heavy atom. The lowest BCUT2D eigenvalue weighted by atomic mass is 9.89. The second kappa shape index (κ2) is 5.38.